The number of methoxy groups -OCH3 is 2. The van der Waals surface area contributed by atoms with E-state index in [1.165, 1.54) is 24.8 Å². The Hall–Kier alpha value is -2.73. The molecular weight excluding hydrogens is 438 g/mol. The molecule has 0 radical (unpaired) electrons. The zero-order valence-corrected chi connectivity index (χ0v) is 21.6. The monoisotopic (exact) mass is 477 g/mol. The number of hydrogen-bond acceptors (Lipinski definition) is 4. The topological polar surface area (TPSA) is 45.2 Å². The Bertz CT molecular complexity index is 1040. The molecule has 3 fully saturated rings. The normalized spacial score (nSPS) is 26.9. The molecule has 6 nitrogen and oxygen atoms in total. The van der Waals surface area contributed by atoms with Gasteiger partial charge in [-0.1, -0.05) is 36.8 Å². The summed E-state index contributed by atoms with van der Waals surface area (Å²) in [5.41, 5.74) is 2.07. The molecule has 2 aromatic rings. The molecule has 2 aromatic carbocycles. The Morgan fingerprint density at radius 3 is 2.26 bits per heavy atom. The highest BCUT2D eigenvalue weighted by Crippen LogP contribution is 2.51. The molecule has 1 heterocycles. The largest absolute Gasteiger partial charge is 0.497 e. The highest BCUT2D eigenvalue weighted by Gasteiger charge is 2.55. The van der Waals surface area contributed by atoms with Crippen LogP contribution in [0, 0.1) is 5.92 Å². The fourth-order valence-electron chi connectivity index (χ4n) is 6.50. The average molecular weight is 478 g/mol. The van der Waals surface area contributed by atoms with Gasteiger partial charge in [0.15, 0.2) is 0 Å². The van der Waals surface area contributed by atoms with Crippen LogP contribution in [0.3, 0.4) is 0 Å². The second kappa shape index (κ2) is 9.38. The van der Waals surface area contributed by atoms with Gasteiger partial charge in [-0.25, -0.2) is 4.79 Å². The van der Waals surface area contributed by atoms with Crippen molar-refractivity contribution in [3.63, 3.8) is 0 Å². The fourth-order valence-corrected chi connectivity index (χ4v) is 6.50. The van der Waals surface area contributed by atoms with Crippen molar-refractivity contribution in [2.24, 2.45) is 5.92 Å². The number of ether oxygens (including phenoxy) is 2. The lowest BCUT2D eigenvalue weighted by Crippen LogP contribution is -2.56. The molecule has 6 heteroatoms. The van der Waals surface area contributed by atoms with Crippen LogP contribution in [0.4, 0.5) is 10.5 Å². The van der Waals surface area contributed by atoms with Crippen LogP contribution in [0.2, 0.25) is 0 Å². The molecule has 1 saturated heterocycles. The quantitative estimate of drug-likeness (QED) is 0.527. The number of carbonyl (C=O) groups is 1. The third kappa shape index (κ3) is 4.06. The molecule has 2 aliphatic carbocycles. The molecule has 0 bridgehead atoms. The summed E-state index contributed by atoms with van der Waals surface area (Å²) in [6.45, 7) is 1.58. The summed E-state index contributed by atoms with van der Waals surface area (Å²) in [4.78, 5) is 20.6. The van der Waals surface area contributed by atoms with Gasteiger partial charge in [0, 0.05) is 18.2 Å². The van der Waals surface area contributed by atoms with E-state index in [4.69, 9.17) is 9.47 Å². The van der Waals surface area contributed by atoms with Gasteiger partial charge >= 0.3 is 6.03 Å². The molecular formula is C29H39N3O3. The molecule has 0 N–H and O–H groups in total. The van der Waals surface area contributed by atoms with Crippen molar-refractivity contribution in [2.75, 3.05) is 46.3 Å². The number of hydrogen-bond donors (Lipinski definition) is 0. The summed E-state index contributed by atoms with van der Waals surface area (Å²) in [6.07, 6.45) is 7.81. The fraction of sp³-hybridized carbons (Fsp3) is 0.552. The van der Waals surface area contributed by atoms with E-state index in [1.54, 1.807) is 14.2 Å². The molecule has 2 amide bonds. The molecule has 0 aromatic heterocycles. The molecule has 0 atom stereocenters. The highest BCUT2D eigenvalue weighted by atomic mass is 16.5. The highest BCUT2D eigenvalue weighted by molar-refractivity contribution is 5.97. The molecule has 0 unspecified atom stereocenters. The SMILES string of the molecule is COc1ccc(N2C[C@]3(CC[C@@](c4ccccc4)(N(C)C)CC3)N(CC3CCC3)C2=O)c(OC)c1. The summed E-state index contributed by atoms with van der Waals surface area (Å²) >= 11 is 0. The molecule has 1 aliphatic heterocycles. The Morgan fingerprint density at radius 1 is 0.971 bits per heavy atom. The Morgan fingerprint density at radius 2 is 1.69 bits per heavy atom. The first-order chi connectivity index (χ1) is 16.9. The van der Waals surface area contributed by atoms with E-state index in [2.05, 4.69) is 54.2 Å². The van der Waals surface area contributed by atoms with Gasteiger partial charge in [0.05, 0.1) is 32.0 Å². The van der Waals surface area contributed by atoms with Gasteiger partial charge in [-0.05, 0) is 76.2 Å². The second-order valence-electron chi connectivity index (χ2n) is 10.8. The molecule has 3 aliphatic rings. The predicted molar refractivity (Wildman–Crippen MR) is 139 cm³/mol. The third-order valence-electron chi connectivity index (χ3n) is 9.01. The van der Waals surface area contributed by atoms with Crippen LogP contribution in [0.5, 0.6) is 11.5 Å². The zero-order valence-electron chi connectivity index (χ0n) is 21.6. The number of nitrogens with zero attached hydrogens (tertiary/aromatic N) is 3. The van der Waals surface area contributed by atoms with Gasteiger partial charge in [-0.15, -0.1) is 0 Å². The number of amides is 2. The first-order valence-electron chi connectivity index (χ1n) is 13.0. The molecule has 5 rings (SSSR count). The minimum absolute atomic E-state index is 0.00290. The number of benzene rings is 2. The van der Waals surface area contributed by atoms with Crippen molar-refractivity contribution < 1.29 is 14.3 Å². The van der Waals surface area contributed by atoms with Gasteiger partial charge in [-0.2, -0.15) is 0 Å². The Balaban J connectivity index is 1.47. The van der Waals surface area contributed by atoms with Crippen LogP contribution in [0.1, 0.15) is 50.5 Å². The van der Waals surface area contributed by atoms with E-state index in [-0.39, 0.29) is 17.1 Å². The lowest BCUT2D eigenvalue weighted by molar-refractivity contribution is 0.0172. The van der Waals surface area contributed by atoms with Crippen molar-refractivity contribution in [1.82, 2.24) is 9.80 Å². The van der Waals surface area contributed by atoms with E-state index in [0.717, 1.165) is 43.7 Å². The van der Waals surface area contributed by atoms with Crippen molar-refractivity contribution in [1.29, 1.82) is 0 Å². The first-order valence-corrected chi connectivity index (χ1v) is 13.0. The minimum atomic E-state index is -0.147. The van der Waals surface area contributed by atoms with Crippen LogP contribution in [-0.2, 0) is 5.54 Å². The standard InChI is InChI=1S/C29H39N3O3/c1-30(2)29(23-11-6-5-7-12-23)17-15-28(16-18-29)21-31(27(33)32(28)20-22-9-8-10-22)25-14-13-24(34-3)19-26(25)35-4/h5-7,11-14,19,22H,8-10,15-18,20-21H2,1-4H3/t28-,29-. The van der Waals surface area contributed by atoms with E-state index in [9.17, 15) is 4.79 Å². The maximum Gasteiger partial charge on any atom is 0.325 e. The number of urea groups is 1. The number of anilines is 1. The summed E-state index contributed by atoms with van der Waals surface area (Å²) in [6, 6.07) is 16.8. The Kier molecular flexibility index (Phi) is 6.43. The van der Waals surface area contributed by atoms with E-state index in [1.807, 2.05) is 23.1 Å². The Labute approximate surface area is 209 Å². The smallest absolute Gasteiger partial charge is 0.325 e. The van der Waals surface area contributed by atoms with Crippen LogP contribution < -0.4 is 14.4 Å². The van der Waals surface area contributed by atoms with Crippen LogP contribution in [-0.4, -0.2) is 62.8 Å². The van der Waals surface area contributed by atoms with Crippen molar-refractivity contribution in [3.8, 4) is 11.5 Å². The van der Waals surface area contributed by atoms with Gasteiger partial charge in [0.1, 0.15) is 11.5 Å². The molecule has 2 saturated carbocycles. The molecule has 1 spiro atoms. The van der Waals surface area contributed by atoms with E-state index in [0.29, 0.717) is 18.2 Å². The van der Waals surface area contributed by atoms with Crippen LogP contribution >= 0.6 is 0 Å². The summed E-state index contributed by atoms with van der Waals surface area (Å²) in [5, 5.41) is 0. The first kappa shape index (κ1) is 24.0. The third-order valence-corrected chi connectivity index (χ3v) is 9.01. The zero-order chi connectivity index (χ0) is 24.6. The minimum Gasteiger partial charge on any atom is -0.497 e. The lowest BCUT2D eigenvalue weighted by atomic mass is 9.68. The van der Waals surface area contributed by atoms with Gasteiger partial charge in [-0.3, -0.25) is 9.80 Å². The van der Waals surface area contributed by atoms with Crippen molar-refractivity contribution in [3.05, 3.63) is 54.1 Å². The summed E-state index contributed by atoms with van der Waals surface area (Å²) in [5.74, 6) is 2.04. The predicted octanol–water partition coefficient (Wildman–Crippen LogP) is 5.52. The van der Waals surface area contributed by atoms with Crippen LogP contribution in [0.15, 0.2) is 48.5 Å². The second-order valence-corrected chi connectivity index (χ2v) is 10.8. The lowest BCUT2D eigenvalue weighted by Gasteiger charge is -2.51. The van der Waals surface area contributed by atoms with Gasteiger partial charge in [0.2, 0.25) is 0 Å². The van der Waals surface area contributed by atoms with Crippen LogP contribution in [0.25, 0.3) is 0 Å². The molecule has 188 valence electrons. The molecule has 35 heavy (non-hydrogen) atoms. The average Bonchev–Trinajstić information content (AvgIpc) is 3.12. The number of carbonyl (C=O) groups excluding carboxylic acids is 1. The van der Waals surface area contributed by atoms with Gasteiger partial charge in [0.25, 0.3) is 0 Å². The maximum absolute atomic E-state index is 14.0. The van der Waals surface area contributed by atoms with Gasteiger partial charge < -0.3 is 14.4 Å². The van der Waals surface area contributed by atoms with Crippen molar-refractivity contribution in [2.45, 2.75) is 56.0 Å². The maximum atomic E-state index is 14.0. The number of rotatable bonds is 7. The van der Waals surface area contributed by atoms with E-state index < -0.39 is 0 Å². The summed E-state index contributed by atoms with van der Waals surface area (Å²) in [7, 11) is 7.71. The van der Waals surface area contributed by atoms with E-state index >= 15 is 0 Å². The summed E-state index contributed by atoms with van der Waals surface area (Å²) < 4.78 is 11.1. The van der Waals surface area contributed by atoms with Crippen molar-refractivity contribution >= 4 is 11.7 Å².